The lowest BCUT2D eigenvalue weighted by molar-refractivity contribution is -0.113. The van der Waals surface area contributed by atoms with Gasteiger partial charge in [0.15, 0.2) is 0 Å². The summed E-state index contributed by atoms with van der Waals surface area (Å²) in [5.74, 6) is 0.222. The van der Waals surface area contributed by atoms with Crippen molar-refractivity contribution in [1.29, 1.82) is 0 Å². The molecule has 28 heavy (non-hydrogen) atoms. The summed E-state index contributed by atoms with van der Waals surface area (Å²) in [6.07, 6.45) is 4.84. The van der Waals surface area contributed by atoms with Gasteiger partial charge in [0, 0.05) is 30.6 Å². The number of carbonyl (C=O) groups excluding carboxylic acids is 2. The van der Waals surface area contributed by atoms with Crippen molar-refractivity contribution in [1.82, 2.24) is 4.98 Å². The summed E-state index contributed by atoms with van der Waals surface area (Å²) in [5, 5.41) is 2.88. The van der Waals surface area contributed by atoms with Crippen molar-refractivity contribution in [2.45, 2.75) is 6.92 Å². The predicted octanol–water partition coefficient (Wildman–Crippen LogP) is 4.32. The highest BCUT2D eigenvalue weighted by atomic mass is 16.2. The van der Waals surface area contributed by atoms with Crippen LogP contribution in [0.15, 0.2) is 79.0 Å². The lowest BCUT2D eigenvalue weighted by Gasteiger charge is -2.13. The number of likely N-dealkylation sites (N-methyl/N-ethyl adjacent to an activating group) is 1. The molecule has 0 unspecified atom stereocenters. The molecule has 0 saturated carbocycles. The summed E-state index contributed by atoms with van der Waals surface area (Å²) >= 11 is 0. The Morgan fingerprint density at radius 3 is 2.57 bits per heavy atom. The van der Waals surface area contributed by atoms with E-state index < -0.39 is 0 Å². The first-order valence-electron chi connectivity index (χ1n) is 8.88. The minimum absolute atomic E-state index is 0.171. The maximum Gasteiger partial charge on any atom is 0.255 e. The average molecular weight is 371 g/mol. The molecule has 1 heterocycles. The molecular weight excluding hydrogens is 350 g/mol. The Morgan fingerprint density at radius 1 is 1.00 bits per heavy atom. The van der Waals surface area contributed by atoms with Crippen molar-refractivity contribution < 1.29 is 9.59 Å². The van der Waals surface area contributed by atoms with Crippen LogP contribution in [0.1, 0.15) is 21.5 Å². The van der Waals surface area contributed by atoms with Crippen LogP contribution in [0.25, 0.3) is 6.08 Å². The van der Waals surface area contributed by atoms with Crippen molar-refractivity contribution in [3.05, 3.63) is 95.7 Å². The number of aryl methyl sites for hydroxylation is 1. The SMILES string of the molecule is Cc1cccc(C(=O)Nc2cccc(/C=C/C(=O)N(C)c3ccccn3)c2)c1. The Balaban J connectivity index is 1.68. The van der Waals surface area contributed by atoms with Crippen molar-refractivity contribution >= 4 is 29.4 Å². The third-order valence-corrected chi connectivity index (χ3v) is 4.17. The number of carbonyl (C=O) groups is 2. The monoisotopic (exact) mass is 371 g/mol. The van der Waals surface area contributed by atoms with Crippen molar-refractivity contribution in [3.63, 3.8) is 0 Å². The number of nitrogens with zero attached hydrogens (tertiary/aromatic N) is 2. The van der Waals surface area contributed by atoms with Gasteiger partial charge in [-0.15, -0.1) is 0 Å². The van der Waals surface area contributed by atoms with Gasteiger partial charge >= 0.3 is 0 Å². The molecule has 0 spiro atoms. The van der Waals surface area contributed by atoms with Gasteiger partial charge in [-0.1, -0.05) is 35.9 Å². The lowest BCUT2D eigenvalue weighted by atomic mass is 10.1. The van der Waals surface area contributed by atoms with Crippen LogP contribution in [0.5, 0.6) is 0 Å². The van der Waals surface area contributed by atoms with E-state index in [2.05, 4.69) is 10.3 Å². The van der Waals surface area contributed by atoms with E-state index in [9.17, 15) is 9.59 Å². The first-order valence-corrected chi connectivity index (χ1v) is 8.88. The Bertz CT molecular complexity index is 1010. The summed E-state index contributed by atoms with van der Waals surface area (Å²) in [5.41, 5.74) is 3.11. The Kier molecular flexibility index (Phi) is 5.97. The fourth-order valence-corrected chi connectivity index (χ4v) is 2.65. The number of anilines is 2. The number of aromatic nitrogens is 1. The van der Waals surface area contributed by atoms with Crippen LogP contribution in [0.3, 0.4) is 0 Å². The smallest absolute Gasteiger partial charge is 0.255 e. The van der Waals surface area contributed by atoms with E-state index in [4.69, 9.17) is 0 Å². The van der Waals surface area contributed by atoms with Crippen LogP contribution in [0, 0.1) is 6.92 Å². The first kappa shape index (κ1) is 19.0. The highest BCUT2D eigenvalue weighted by molar-refractivity contribution is 6.05. The molecule has 0 radical (unpaired) electrons. The van der Waals surface area contributed by atoms with Crippen LogP contribution in [-0.4, -0.2) is 23.8 Å². The first-order chi connectivity index (χ1) is 13.5. The molecule has 3 rings (SSSR count). The van der Waals surface area contributed by atoms with Crippen LogP contribution in [0.2, 0.25) is 0 Å². The van der Waals surface area contributed by atoms with Crippen molar-refractivity contribution in [2.75, 3.05) is 17.3 Å². The zero-order valence-electron chi connectivity index (χ0n) is 15.8. The molecule has 0 saturated heterocycles. The largest absolute Gasteiger partial charge is 0.322 e. The number of amides is 2. The van der Waals surface area contributed by atoms with Gasteiger partial charge in [0.2, 0.25) is 0 Å². The standard InChI is InChI=1S/C23H21N3O2/c1-17-7-5-9-19(15-17)23(28)25-20-10-6-8-18(16-20)12-13-22(27)26(2)21-11-3-4-14-24-21/h3-16H,1-2H3,(H,25,28)/b13-12+. The zero-order valence-corrected chi connectivity index (χ0v) is 15.8. The van der Waals surface area contributed by atoms with E-state index in [-0.39, 0.29) is 11.8 Å². The van der Waals surface area contributed by atoms with E-state index in [1.807, 2.05) is 55.5 Å². The number of hydrogen-bond donors (Lipinski definition) is 1. The number of hydrogen-bond acceptors (Lipinski definition) is 3. The van der Waals surface area contributed by atoms with Gasteiger partial charge in [-0.25, -0.2) is 4.98 Å². The fourth-order valence-electron chi connectivity index (χ4n) is 2.65. The third-order valence-electron chi connectivity index (χ3n) is 4.17. The van der Waals surface area contributed by atoms with Gasteiger partial charge in [0.05, 0.1) is 0 Å². The molecule has 140 valence electrons. The molecule has 0 atom stereocenters. The maximum atomic E-state index is 12.4. The summed E-state index contributed by atoms with van der Waals surface area (Å²) in [6, 6.07) is 20.1. The molecule has 0 bridgehead atoms. The summed E-state index contributed by atoms with van der Waals surface area (Å²) < 4.78 is 0. The Labute approximate surface area is 164 Å². The van der Waals surface area contributed by atoms with Gasteiger partial charge in [-0.2, -0.15) is 0 Å². The van der Waals surface area contributed by atoms with E-state index in [0.29, 0.717) is 17.1 Å². The van der Waals surface area contributed by atoms with E-state index >= 15 is 0 Å². The third kappa shape index (κ3) is 4.92. The highest BCUT2D eigenvalue weighted by Crippen LogP contribution is 2.15. The molecule has 0 fully saturated rings. The second-order valence-corrected chi connectivity index (χ2v) is 6.37. The molecule has 3 aromatic rings. The number of rotatable bonds is 5. The minimum Gasteiger partial charge on any atom is -0.322 e. The number of benzene rings is 2. The molecule has 1 N–H and O–H groups in total. The number of nitrogens with one attached hydrogen (secondary N) is 1. The van der Waals surface area contributed by atoms with Crippen molar-refractivity contribution in [2.24, 2.45) is 0 Å². The van der Waals surface area contributed by atoms with Gasteiger partial charge in [0.25, 0.3) is 11.8 Å². The molecule has 2 amide bonds. The second kappa shape index (κ2) is 8.77. The molecule has 1 aromatic heterocycles. The van der Waals surface area contributed by atoms with E-state index in [0.717, 1.165) is 11.1 Å². The van der Waals surface area contributed by atoms with Gasteiger partial charge in [-0.3, -0.25) is 14.5 Å². The van der Waals surface area contributed by atoms with Crippen LogP contribution in [0.4, 0.5) is 11.5 Å². The topological polar surface area (TPSA) is 62.3 Å². The van der Waals surface area contributed by atoms with Gasteiger partial charge < -0.3 is 5.32 Å². The van der Waals surface area contributed by atoms with Gasteiger partial charge in [-0.05, 0) is 55.0 Å². The number of pyridine rings is 1. The predicted molar refractivity (Wildman–Crippen MR) is 112 cm³/mol. The summed E-state index contributed by atoms with van der Waals surface area (Å²) in [6.45, 7) is 1.95. The Morgan fingerprint density at radius 2 is 1.82 bits per heavy atom. The fraction of sp³-hybridized carbons (Fsp3) is 0.0870. The minimum atomic E-state index is -0.187. The quantitative estimate of drug-likeness (QED) is 0.680. The second-order valence-electron chi connectivity index (χ2n) is 6.37. The molecular formula is C23H21N3O2. The van der Waals surface area contributed by atoms with Crippen molar-refractivity contribution in [3.8, 4) is 0 Å². The molecule has 2 aromatic carbocycles. The van der Waals surface area contributed by atoms with Crippen LogP contribution >= 0.6 is 0 Å². The van der Waals surface area contributed by atoms with Crippen LogP contribution < -0.4 is 10.2 Å². The lowest BCUT2D eigenvalue weighted by Crippen LogP contribution is -2.24. The molecule has 5 nitrogen and oxygen atoms in total. The van der Waals surface area contributed by atoms with E-state index in [1.54, 1.807) is 37.5 Å². The average Bonchev–Trinajstić information content (AvgIpc) is 2.72. The van der Waals surface area contributed by atoms with Crippen LogP contribution in [-0.2, 0) is 4.79 Å². The highest BCUT2D eigenvalue weighted by Gasteiger charge is 2.08. The molecule has 0 aliphatic heterocycles. The Hall–Kier alpha value is -3.73. The molecule has 5 heteroatoms. The molecule has 0 aliphatic rings. The molecule has 0 aliphatic carbocycles. The summed E-state index contributed by atoms with van der Waals surface area (Å²) in [4.78, 5) is 30.4. The van der Waals surface area contributed by atoms with Gasteiger partial charge in [0.1, 0.15) is 5.82 Å². The normalized spacial score (nSPS) is 10.6. The summed E-state index contributed by atoms with van der Waals surface area (Å²) in [7, 11) is 1.67. The maximum absolute atomic E-state index is 12.4. The van der Waals surface area contributed by atoms with E-state index in [1.165, 1.54) is 11.0 Å². The zero-order chi connectivity index (χ0) is 19.9.